The fourth-order valence-electron chi connectivity index (χ4n) is 2.21. The Morgan fingerprint density at radius 2 is 2.28 bits per heavy atom. The summed E-state index contributed by atoms with van der Waals surface area (Å²) < 4.78 is 5.01. The number of carbonyl (C=O) groups is 2. The van der Waals surface area contributed by atoms with Gasteiger partial charge in [0.15, 0.2) is 0 Å². The van der Waals surface area contributed by atoms with Crippen molar-refractivity contribution in [3.8, 4) is 5.75 Å². The molecule has 6 heteroatoms. The molecule has 1 amide bonds. The van der Waals surface area contributed by atoms with Crippen LogP contribution in [-0.4, -0.2) is 30.1 Å². The van der Waals surface area contributed by atoms with Gasteiger partial charge in [-0.25, -0.2) is 0 Å². The van der Waals surface area contributed by atoms with E-state index >= 15 is 0 Å². The molecule has 2 atom stereocenters. The third kappa shape index (κ3) is 2.64. The van der Waals surface area contributed by atoms with Crippen LogP contribution in [0.25, 0.3) is 0 Å². The van der Waals surface area contributed by atoms with Crippen LogP contribution in [0.4, 0.5) is 0 Å². The van der Waals surface area contributed by atoms with Gasteiger partial charge in [0.1, 0.15) is 5.75 Å². The van der Waals surface area contributed by atoms with E-state index in [-0.39, 0.29) is 11.9 Å². The molecule has 0 spiro atoms. The predicted molar refractivity (Wildman–Crippen MR) is 67.1 cm³/mol. The summed E-state index contributed by atoms with van der Waals surface area (Å²) in [5.74, 6) is -0.870. The van der Waals surface area contributed by atoms with Crippen LogP contribution in [0, 0.1) is 5.92 Å². The Labute approximate surface area is 109 Å². The van der Waals surface area contributed by atoms with Gasteiger partial charge in [-0.3, -0.25) is 9.59 Å². The molecule has 1 heterocycles. The minimum atomic E-state index is -0.832. The lowest BCUT2D eigenvalue weighted by Crippen LogP contribution is -2.39. The van der Waals surface area contributed by atoms with Crippen LogP contribution in [0.1, 0.15) is 28.9 Å². The van der Waals surface area contributed by atoms with Crippen LogP contribution in [0.15, 0.2) is 11.4 Å². The molecule has 0 radical (unpaired) electrons. The molecule has 18 heavy (non-hydrogen) atoms. The molecular formula is C12H15NO4S. The summed E-state index contributed by atoms with van der Waals surface area (Å²) in [6.45, 7) is 0. The molecule has 1 aromatic rings. The molecule has 0 aromatic carbocycles. The SMILES string of the molecule is COc1csc(C(=O)N[C@@H]2CCC[C@@H]2C(=O)O)c1. The van der Waals surface area contributed by atoms with Crippen LogP contribution in [0.3, 0.4) is 0 Å². The van der Waals surface area contributed by atoms with Gasteiger partial charge in [0.25, 0.3) is 5.91 Å². The highest BCUT2D eigenvalue weighted by Gasteiger charge is 2.34. The molecule has 1 fully saturated rings. The summed E-state index contributed by atoms with van der Waals surface area (Å²) >= 11 is 1.29. The number of amides is 1. The molecule has 1 aromatic heterocycles. The Bertz CT molecular complexity index is 457. The predicted octanol–water partition coefficient (Wildman–Crippen LogP) is 1.74. The molecule has 2 rings (SSSR count). The quantitative estimate of drug-likeness (QED) is 0.873. The Hall–Kier alpha value is -1.56. The summed E-state index contributed by atoms with van der Waals surface area (Å²) in [4.78, 5) is 23.5. The molecule has 98 valence electrons. The number of hydrogen-bond acceptors (Lipinski definition) is 4. The van der Waals surface area contributed by atoms with Crippen molar-refractivity contribution in [3.05, 3.63) is 16.3 Å². The topological polar surface area (TPSA) is 75.6 Å². The van der Waals surface area contributed by atoms with Crippen molar-refractivity contribution in [3.63, 3.8) is 0 Å². The van der Waals surface area contributed by atoms with E-state index in [2.05, 4.69) is 5.32 Å². The summed E-state index contributed by atoms with van der Waals surface area (Å²) in [6.07, 6.45) is 2.20. The lowest BCUT2D eigenvalue weighted by atomic mass is 10.0. The highest BCUT2D eigenvalue weighted by atomic mass is 32.1. The number of carboxylic acid groups (broad SMARTS) is 1. The first-order valence-electron chi connectivity index (χ1n) is 5.78. The maximum absolute atomic E-state index is 11.9. The van der Waals surface area contributed by atoms with E-state index in [0.29, 0.717) is 17.0 Å². The van der Waals surface area contributed by atoms with Gasteiger partial charge in [0.2, 0.25) is 0 Å². The van der Waals surface area contributed by atoms with Crippen molar-refractivity contribution in [1.82, 2.24) is 5.32 Å². The number of methoxy groups -OCH3 is 1. The number of carbonyl (C=O) groups excluding carboxylic acids is 1. The van der Waals surface area contributed by atoms with Crippen LogP contribution < -0.4 is 10.1 Å². The molecule has 1 saturated carbocycles. The number of hydrogen-bond donors (Lipinski definition) is 2. The van der Waals surface area contributed by atoms with Gasteiger partial charge in [-0.05, 0) is 12.8 Å². The molecular weight excluding hydrogens is 254 g/mol. The monoisotopic (exact) mass is 269 g/mol. The fourth-order valence-corrected chi connectivity index (χ4v) is 2.97. The Balaban J connectivity index is 2.00. The highest BCUT2D eigenvalue weighted by Crippen LogP contribution is 2.27. The van der Waals surface area contributed by atoms with E-state index < -0.39 is 11.9 Å². The van der Waals surface area contributed by atoms with Gasteiger partial charge in [-0.1, -0.05) is 6.42 Å². The molecule has 5 nitrogen and oxygen atoms in total. The van der Waals surface area contributed by atoms with Crippen molar-refractivity contribution in [2.75, 3.05) is 7.11 Å². The first kappa shape index (κ1) is 12.9. The molecule has 2 N–H and O–H groups in total. The molecule has 0 bridgehead atoms. The molecule has 1 aliphatic carbocycles. The number of nitrogens with one attached hydrogen (secondary N) is 1. The fraction of sp³-hybridized carbons (Fsp3) is 0.500. The van der Waals surface area contributed by atoms with Crippen molar-refractivity contribution in [2.24, 2.45) is 5.92 Å². The van der Waals surface area contributed by atoms with Gasteiger partial charge >= 0.3 is 5.97 Å². The zero-order valence-corrected chi connectivity index (χ0v) is 10.8. The van der Waals surface area contributed by atoms with E-state index in [1.807, 2.05) is 0 Å². The second-order valence-corrected chi connectivity index (χ2v) is 5.22. The first-order chi connectivity index (χ1) is 8.61. The maximum Gasteiger partial charge on any atom is 0.308 e. The summed E-state index contributed by atoms with van der Waals surface area (Å²) in [7, 11) is 1.54. The largest absolute Gasteiger partial charge is 0.496 e. The van der Waals surface area contributed by atoms with Crippen molar-refractivity contribution >= 4 is 23.2 Å². The minimum Gasteiger partial charge on any atom is -0.496 e. The Morgan fingerprint density at radius 3 is 2.89 bits per heavy atom. The van der Waals surface area contributed by atoms with Gasteiger partial charge in [0.05, 0.1) is 17.9 Å². The molecule has 1 aliphatic rings. The lowest BCUT2D eigenvalue weighted by molar-refractivity contribution is -0.142. The summed E-state index contributed by atoms with van der Waals surface area (Å²) in [5, 5.41) is 13.6. The Kier molecular flexibility index (Phi) is 3.86. The normalized spacial score (nSPS) is 22.7. The van der Waals surface area contributed by atoms with E-state index in [0.717, 1.165) is 12.8 Å². The lowest BCUT2D eigenvalue weighted by Gasteiger charge is -2.16. The zero-order chi connectivity index (χ0) is 13.1. The van der Waals surface area contributed by atoms with Crippen LogP contribution in [0.5, 0.6) is 5.75 Å². The maximum atomic E-state index is 11.9. The van der Waals surface area contributed by atoms with Crippen LogP contribution in [-0.2, 0) is 4.79 Å². The van der Waals surface area contributed by atoms with Crippen molar-refractivity contribution < 1.29 is 19.4 Å². The second-order valence-electron chi connectivity index (χ2n) is 4.31. The number of ether oxygens (including phenoxy) is 1. The van der Waals surface area contributed by atoms with Gasteiger partial charge in [-0.15, -0.1) is 11.3 Å². The number of carboxylic acids is 1. The van der Waals surface area contributed by atoms with E-state index in [1.54, 1.807) is 18.6 Å². The first-order valence-corrected chi connectivity index (χ1v) is 6.66. The van der Waals surface area contributed by atoms with Crippen LogP contribution in [0.2, 0.25) is 0 Å². The van der Waals surface area contributed by atoms with Gasteiger partial charge < -0.3 is 15.2 Å². The van der Waals surface area contributed by atoms with Gasteiger partial charge in [0, 0.05) is 17.5 Å². The zero-order valence-electron chi connectivity index (χ0n) is 10.0. The number of aliphatic carboxylic acids is 1. The molecule has 0 unspecified atom stereocenters. The average molecular weight is 269 g/mol. The number of thiophene rings is 1. The third-order valence-corrected chi connectivity index (χ3v) is 4.09. The molecule has 0 saturated heterocycles. The average Bonchev–Trinajstić information content (AvgIpc) is 2.96. The van der Waals surface area contributed by atoms with Crippen molar-refractivity contribution in [2.45, 2.75) is 25.3 Å². The molecule has 0 aliphatic heterocycles. The summed E-state index contributed by atoms with van der Waals surface area (Å²) in [5.41, 5.74) is 0. The standard InChI is InChI=1S/C12H15NO4S/c1-17-7-5-10(18-6-7)11(14)13-9-4-2-3-8(9)12(15)16/h5-6,8-9H,2-4H2,1H3,(H,13,14)(H,15,16)/t8-,9+/m0/s1. The highest BCUT2D eigenvalue weighted by molar-refractivity contribution is 7.12. The summed E-state index contributed by atoms with van der Waals surface area (Å²) in [6, 6.07) is 1.40. The van der Waals surface area contributed by atoms with E-state index in [4.69, 9.17) is 9.84 Å². The van der Waals surface area contributed by atoms with Crippen molar-refractivity contribution in [1.29, 1.82) is 0 Å². The second kappa shape index (κ2) is 5.39. The van der Waals surface area contributed by atoms with Gasteiger partial charge in [-0.2, -0.15) is 0 Å². The Morgan fingerprint density at radius 1 is 1.50 bits per heavy atom. The van der Waals surface area contributed by atoms with E-state index in [1.165, 1.54) is 11.3 Å². The third-order valence-electron chi connectivity index (χ3n) is 3.18. The van der Waals surface area contributed by atoms with E-state index in [9.17, 15) is 9.59 Å². The van der Waals surface area contributed by atoms with Crippen LogP contribution >= 0.6 is 11.3 Å². The number of rotatable bonds is 4. The minimum absolute atomic E-state index is 0.221. The smallest absolute Gasteiger partial charge is 0.308 e.